The lowest BCUT2D eigenvalue weighted by Gasteiger charge is -2.15. The Morgan fingerprint density at radius 3 is 2.34 bits per heavy atom. The van der Waals surface area contributed by atoms with Gasteiger partial charge in [0.05, 0.1) is 11.4 Å². The van der Waals surface area contributed by atoms with E-state index in [1.807, 2.05) is 24.3 Å². The molecule has 2 aromatic carbocycles. The van der Waals surface area contributed by atoms with Crippen LogP contribution in [0.3, 0.4) is 0 Å². The molecule has 0 spiro atoms. The molecule has 182 valence electrons. The molecular weight excluding hydrogens is 466 g/mol. The minimum Gasteiger partial charge on any atom is -0.481 e. The van der Waals surface area contributed by atoms with Crippen LogP contribution in [0, 0.1) is 6.92 Å². The summed E-state index contributed by atoms with van der Waals surface area (Å²) in [6.07, 6.45) is -0.158. The van der Waals surface area contributed by atoms with E-state index in [1.54, 1.807) is 14.0 Å². The molecule has 2 N–H and O–H groups in total. The van der Waals surface area contributed by atoms with Crippen molar-refractivity contribution in [1.29, 1.82) is 0 Å². The first kappa shape index (κ1) is 24.4. The van der Waals surface area contributed by atoms with Gasteiger partial charge >= 0.3 is 12.1 Å². The summed E-state index contributed by atoms with van der Waals surface area (Å²) in [4.78, 5) is 42.2. The molecule has 0 unspecified atom stereocenters. The van der Waals surface area contributed by atoms with Crippen LogP contribution in [-0.4, -0.2) is 59.7 Å². The highest BCUT2D eigenvalue weighted by Crippen LogP contribution is 2.44. The second kappa shape index (κ2) is 10.7. The fourth-order valence-electron chi connectivity index (χ4n) is 4.22. The number of benzene rings is 2. The standard InChI is InChI=1S/C26H27N3O5S/c1-16-24(25(32)29(2)14-12-23(30)31)28-22(35-16)11-13-27-26(33)34-15-21-19-9-5-3-7-17(19)18-8-4-6-10-20(18)21/h3-10,21H,11-15H2,1-2H3,(H,27,33)(H,30,31). The lowest BCUT2D eigenvalue weighted by molar-refractivity contribution is -0.137. The summed E-state index contributed by atoms with van der Waals surface area (Å²) >= 11 is 1.39. The van der Waals surface area contributed by atoms with Crippen LogP contribution in [0.5, 0.6) is 0 Å². The number of carbonyl (C=O) groups excluding carboxylic acids is 2. The van der Waals surface area contributed by atoms with Crippen molar-refractivity contribution < 1.29 is 24.2 Å². The predicted molar refractivity (Wildman–Crippen MR) is 133 cm³/mol. The highest BCUT2D eigenvalue weighted by molar-refractivity contribution is 7.11. The van der Waals surface area contributed by atoms with Gasteiger partial charge in [-0.2, -0.15) is 0 Å². The topological polar surface area (TPSA) is 109 Å². The molecule has 2 amide bonds. The number of fused-ring (bicyclic) bond motifs is 3. The van der Waals surface area contributed by atoms with E-state index in [9.17, 15) is 14.4 Å². The summed E-state index contributed by atoms with van der Waals surface area (Å²) in [5, 5.41) is 12.3. The quantitative estimate of drug-likeness (QED) is 0.465. The van der Waals surface area contributed by atoms with E-state index in [0.29, 0.717) is 18.7 Å². The van der Waals surface area contributed by atoms with Crippen LogP contribution in [-0.2, 0) is 16.0 Å². The van der Waals surface area contributed by atoms with Crippen LogP contribution >= 0.6 is 11.3 Å². The molecule has 1 aliphatic carbocycles. The second-order valence-electron chi connectivity index (χ2n) is 8.39. The number of carbonyl (C=O) groups is 3. The average molecular weight is 494 g/mol. The third-order valence-electron chi connectivity index (χ3n) is 6.00. The maximum absolute atomic E-state index is 12.5. The Kier molecular flexibility index (Phi) is 7.45. The first-order valence-electron chi connectivity index (χ1n) is 11.4. The number of hydrogen-bond donors (Lipinski definition) is 2. The van der Waals surface area contributed by atoms with E-state index < -0.39 is 12.1 Å². The zero-order valence-electron chi connectivity index (χ0n) is 19.6. The van der Waals surface area contributed by atoms with Gasteiger partial charge in [-0.3, -0.25) is 9.59 Å². The molecule has 4 rings (SSSR count). The molecule has 0 atom stereocenters. The number of alkyl carbamates (subject to hydrolysis) is 1. The fourth-order valence-corrected chi connectivity index (χ4v) is 5.15. The third-order valence-corrected chi connectivity index (χ3v) is 7.03. The number of aliphatic carboxylic acids is 1. The van der Waals surface area contributed by atoms with Crippen molar-refractivity contribution >= 4 is 29.3 Å². The lowest BCUT2D eigenvalue weighted by Crippen LogP contribution is -2.30. The molecule has 0 bridgehead atoms. The number of thiazole rings is 1. The van der Waals surface area contributed by atoms with Crippen LogP contribution < -0.4 is 5.32 Å². The van der Waals surface area contributed by atoms with E-state index in [4.69, 9.17) is 9.84 Å². The van der Waals surface area contributed by atoms with Crippen LogP contribution in [0.1, 0.15) is 43.8 Å². The molecule has 9 heteroatoms. The number of hydrogen-bond acceptors (Lipinski definition) is 6. The number of aryl methyl sites for hydroxylation is 1. The lowest BCUT2D eigenvalue weighted by atomic mass is 9.98. The van der Waals surface area contributed by atoms with Gasteiger partial charge in [0.25, 0.3) is 5.91 Å². The molecule has 3 aromatic rings. The predicted octanol–water partition coefficient (Wildman–Crippen LogP) is 4.08. The number of nitrogens with one attached hydrogen (secondary N) is 1. The second-order valence-corrected chi connectivity index (χ2v) is 9.67. The fraction of sp³-hybridized carbons (Fsp3) is 0.308. The number of amides is 2. The van der Waals surface area contributed by atoms with Crippen molar-refractivity contribution in [3.8, 4) is 11.1 Å². The Balaban J connectivity index is 1.28. The smallest absolute Gasteiger partial charge is 0.407 e. The molecular formula is C26H27N3O5S. The van der Waals surface area contributed by atoms with Crippen molar-refractivity contribution in [3.63, 3.8) is 0 Å². The largest absolute Gasteiger partial charge is 0.481 e. The number of carboxylic acid groups (broad SMARTS) is 1. The SMILES string of the molecule is Cc1sc(CCNC(=O)OCC2c3ccccc3-c3ccccc32)nc1C(=O)N(C)CCC(=O)O. The maximum atomic E-state index is 12.5. The highest BCUT2D eigenvalue weighted by Gasteiger charge is 2.29. The van der Waals surface area contributed by atoms with Gasteiger partial charge < -0.3 is 20.1 Å². The van der Waals surface area contributed by atoms with Crippen molar-refractivity contribution in [2.45, 2.75) is 25.7 Å². The number of carboxylic acids is 1. The number of nitrogens with zero attached hydrogens (tertiary/aromatic N) is 2. The minimum absolute atomic E-state index is 0.00134. The van der Waals surface area contributed by atoms with Crippen molar-refractivity contribution in [3.05, 3.63) is 75.2 Å². The summed E-state index contributed by atoms with van der Waals surface area (Å²) in [5.74, 6) is -1.27. The van der Waals surface area contributed by atoms with Crippen molar-refractivity contribution in [1.82, 2.24) is 15.2 Å². The van der Waals surface area contributed by atoms with Gasteiger partial charge in [0.2, 0.25) is 0 Å². The normalized spacial score (nSPS) is 12.1. The Hall–Kier alpha value is -3.72. The van der Waals surface area contributed by atoms with Gasteiger partial charge in [-0.25, -0.2) is 9.78 Å². The Morgan fingerprint density at radius 2 is 1.71 bits per heavy atom. The van der Waals surface area contributed by atoms with Crippen LogP contribution in [0.25, 0.3) is 11.1 Å². The van der Waals surface area contributed by atoms with Gasteiger partial charge in [-0.05, 0) is 29.2 Å². The number of aromatic nitrogens is 1. The number of ether oxygens (including phenoxy) is 1. The van der Waals surface area contributed by atoms with Gasteiger partial charge in [0, 0.05) is 37.4 Å². The molecule has 1 heterocycles. The van der Waals surface area contributed by atoms with Crippen molar-refractivity contribution in [2.24, 2.45) is 0 Å². The van der Waals surface area contributed by atoms with E-state index in [-0.39, 0.29) is 31.4 Å². The van der Waals surface area contributed by atoms with Gasteiger partial charge in [-0.15, -0.1) is 11.3 Å². The van der Waals surface area contributed by atoms with Crippen LogP contribution in [0.4, 0.5) is 4.79 Å². The highest BCUT2D eigenvalue weighted by atomic mass is 32.1. The monoisotopic (exact) mass is 493 g/mol. The molecule has 0 radical (unpaired) electrons. The van der Waals surface area contributed by atoms with E-state index in [0.717, 1.165) is 21.0 Å². The maximum Gasteiger partial charge on any atom is 0.407 e. The summed E-state index contributed by atoms with van der Waals surface area (Å²) in [5.41, 5.74) is 4.99. The van der Waals surface area contributed by atoms with E-state index in [1.165, 1.54) is 27.4 Å². The Bertz CT molecular complexity index is 1210. The van der Waals surface area contributed by atoms with E-state index in [2.05, 4.69) is 34.6 Å². The number of rotatable bonds is 9. The third kappa shape index (κ3) is 5.51. The van der Waals surface area contributed by atoms with Crippen LogP contribution in [0.2, 0.25) is 0 Å². The van der Waals surface area contributed by atoms with Crippen molar-refractivity contribution in [2.75, 3.05) is 26.7 Å². The summed E-state index contributed by atoms with van der Waals surface area (Å²) < 4.78 is 5.55. The average Bonchev–Trinajstić information content (AvgIpc) is 3.38. The first-order chi connectivity index (χ1) is 16.8. The molecule has 35 heavy (non-hydrogen) atoms. The Morgan fingerprint density at radius 1 is 1.09 bits per heavy atom. The minimum atomic E-state index is -0.959. The molecule has 0 saturated carbocycles. The molecule has 0 aliphatic heterocycles. The van der Waals surface area contributed by atoms with E-state index >= 15 is 0 Å². The zero-order chi connectivity index (χ0) is 24.9. The Labute approximate surface area is 207 Å². The first-order valence-corrected chi connectivity index (χ1v) is 12.2. The van der Waals surface area contributed by atoms with Gasteiger partial charge in [0.15, 0.2) is 0 Å². The molecule has 0 saturated heterocycles. The van der Waals surface area contributed by atoms with Gasteiger partial charge in [-0.1, -0.05) is 48.5 Å². The zero-order valence-corrected chi connectivity index (χ0v) is 20.4. The molecule has 1 aromatic heterocycles. The molecule has 1 aliphatic rings. The summed E-state index contributed by atoms with van der Waals surface area (Å²) in [6.45, 7) is 2.49. The van der Waals surface area contributed by atoms with Crippen LogP contribution in [0.15, 0.2) is 48.5 Å². The van der Waals surface area contributed by atoms with Gasteiger partial charge in [0.1, 0.15) is 12.3 Å². The molecule has 8 nitrogen and oxygen atoms in total. The summed E-state index contributed by atoms with van der Waals surface area (Å²) in [6, 6.07) is 16.3. The molecule has 0 fully saturated rings. The summed E-state index contributed by atoms with van der Waals surface area (Å²) in [7, 11) is 1.56.